The molecule has 0 aliphatic rings. The lowest BCUT2D eigenvalue weighted by Gasteiger charge is -2.06. The topological polar surface area (TPSA) is 12.0 Å². The molecule has 0 aromatic heterocycles. The lowest BCUT2D eigenvalue weighted by molar-refractivity contribution is 0.617. The Morgan fingerprint density at radius 1 is 1.06 bits per heavy atom. The highest BCUT2D eigenvalue weighted by Crippen LogP contribution is 2.12. The highest BCUT2D eigenvalue weighted by molar-refractivity contribution is 14.1. The Kier molecular flexibility index (Phi) is 7.64. The maximum absolute atomic E-state index is 3.47. The molecule has 0 atom stereocenters. The van der Waals surface area contributed by atoms with Gasteiger partial charge in [0.25, 0.3) is 0 Å². The van der Waals surface area contributed by atoms with Crippen LogP contribution in [0, 0.1) is 3.57 Å². The van der Waals surface area contributed by atoms with E-state index in [1.807, 2.05) is 0 Å². The number of benzene rings is 1. The molecular weight excluding hydrogens is 309 g/mol. The molecule has 1 nitrogen and oxygen atoms in total. The van der Waals surface area contributed by atoms with Gasteiger partial charge in [0.15, 0.2) is 0 Å². The van der Waals surface area contributed by atoms with Crippen molar-refractivity contribution in [2.75, 3.05) is 11.9 Å². The molecule has 1 aromatic rings. The number of nitrogens with one attached hydrogen (secondary N) is 1. The lowest BCUT2D eigenvalue weighted by Crippen LogP contribution is -2.01. The van der Waals surface area contributed by atoms with E-state index < -0.39 is 0 Å². The minimum Gasteiger partial charge on any atom is -0.385 e. The summed E-state index contributed by atoms with van der Waals surface area (Å²) in [6, 6.07) is 8.55. The largest absolute Gasteiger partial charge is 0.385 e. The van der Waals surface area contributed by atoms with Gasteiger partial charge in [-0.1, -0.05) is 45.1 Å². The molecule has 90 valence electrons. The fourth-order valence-electron chi connectivity index (χ4n) is 1.74. The van der Waals surface area contributed by atoms with Gasteiger partial charge in [-0.2, -0.15) is 0 Å². The van der Waals surface area contributed by atoms with E-state index in [-0.39, 0.29) is 0 Å². The van der Waals surface area contributed by atoms with Gasteiger partial charge in [-0.25, -0.2) is 0 Å². The maximum atomic E-state index is 3.47. The molecule has 1 N–H and O–H groups in total. The third kappa shape index (κ3) is 6.36. The first-order chi connectivity index (χ1) is 7.83. The molecule has 0 aliphatic carbocycles. The zero-order valence-corrected chi connectivity index (χ0v) is 12.3. The molecule has 0 fully saturated rings. The van der Waals surface area contributed by atoms with E-state index in [2.05, 4.69) is 59.1 Å². The second-order valence-electron chi connectivity index (χ2n) is 4.20. The highest BCUT2D eigenvalue weighted by Gasteiger charge is 1.93. The molecule has 0 heterocycles. The summed E-state index contributed by atoms with van der Waals surface area (Å²) in [6.07, 6.45) is 8.17. The first kappa shape index (κ1) is 13.8. The summed E-state index contributed by atoms with van der Waals surface area (Å²) >= 11 is 2.35. The zero-order chi connectivity index (χ0) is 11.6. The fraction of sp³-hybridized carbons (Fsp3) is 0.571. The molecule has 0 unspecified atom stereocenters. The van der Waals surface area contributed by atoms with Crippen molar-refractivity contribution >= 4 is 28.3 Å². The summed E-state index contributed by atoms with van der Waals surface area (Å²) in [5.41, 5.74) is 1.25. The van der Waals surface area contributed by atoms with Crippen molar-refractivity contribution in [3.05, 3.63) is 27.8 Å². The fourth-order valence-corrected chi connectivity index (χ4v) is 2.28. The molecule has 1 rings (SSSR count). The molecule has 0 saturated heterocycles. The van der Waals surface area contributed by atoms with Crippen LogP contribution < -0.4 is 5.32 Å². The molecule has 0 bridgehead atoms. The minimum atomic E-state index is 1.10. The van der Waals surface area contributed by atoms with E-state index in [1.165, 1.54) is 47.8 Å². The van der Waals surface area contributed by atoms with Gasteiger partial charge in [0, 0.05) is 15.8 Å². The second kappa shape index (κ2) is 8.85. The number of hydrogen-bond donors (Lipinski definition) is 1. The van der Waals surface area contributed by atoms with Crippen LogP contribution in [0.25, 0.3) is 0 Å². The standard InChI is InChI=1S/C14H22IN/c1-2-3-4-5-6-7-11-16-14-10-8-9-13(15)12-14/h8-10,12,16H,2-7,11H2,1H3. The molecule has 0 saturated carbocycles. The van der Waals surface area contributed by atoms with Crippen LogP contribution in [0.1, 0.15) is 45.4 Å². The van der Waals surface area contributed by atoms with Gasteiger partial charge < -0.3 is 5.32 Å². The van der Waals surface area contributed by atoms with Gasteiger partial charge >= 0.3 is 0 Å². The molecule has 16 heavy (non-hydrogen) atoms. The normalized spacial score (nSPS) is 10.4. The van der Waals surface area contributed by atoms with E-state index >= 15 is 0 Å². The van der Waals surface area contributed by atoms with Crippen LogP contribution in [0.3, 0.4) is 0 Å². The SMILES string of the molecule is CCCCCCCCNc1cccc(I)c1. The first-order valence-electron chi connectivity index (χ1n) is 6.32. The van der Waals surface area contributed by atoms with Crippen LogP contribution in [0.4, 0.5) is 5.69 Å². The Labute approximate surface area is 113 Å². The third-order valence-corrected chi connectivity index (χ3v) is 3.36. The summed E-state index contributed by atoms with van der Waals surface area (Å²) in [5, 5.41) is 3.47. The lowest BCUT2D eigenvalue weighted by atomic mass is 10.1. The molecule has 0 aliphatic heterocycles. The maximum Gasteiger partial charge on any atom is 0.0350 e. The Morgan fingerprint density at radius 2 is 1.81 bits per heavy atom. The second-order valence-corrected chi connectivity index (χ2v) is 5.45. The van der Waals surface area contributed by atoms with Crippen molar-refractivity contribution in [3.63, 3.8) is 0 Å². The van der Waals surface area contributed by atoms with E-state index in [0.717, 1.165) is 6.54 Å². The molecule has 0 spiro atoms. The van der Waals surface area contributed by atoms with Crippen LogP contribution in [-0.4, -0.2) is 6.54 Å². The molecular formula is C14H22IN. The summed E-state index contributed by atoms with van der Waals surface area (Å²) in [6.45, 7) is 3.37. The number of rotatable bonds is 8. The Balaban J connectivity index is 2.03. The quantitative estimate of drug-likeness (QED) is 0.518. The average molecular weight is 331 g/mol. The van der Waals surface area contributed by atoms with E-state index in [1.54, 1.807) is 0 Å². The summed E-state index contributed by atoms with van der Waals surface area (Å²) in [5.74, 6) is 0. The van der Waals surface area contributed by atoms with Gasteiger partial charge in [-0.05, 0) is 47.2 Å². The highest BCUT2D eigenvalue weighted by atomic mass is 127. The smallest absolute Gasteiger partial charge is 0.0350 e. The monoisotopic (exact) mass is 331 g/mol. The Hall–Kier alpha value is -0.250. The van der Waals surface area contributed by atoms with Crippen molar-refractivity contribution in [3.8, 4) is 0 Å². The number of hydrogen-bond acceptors (Lipinski definition) is 1. The Bertz CT molecular complexity index is 286. The van der Waals surface area contributed by atoms with E-state index in [9.17, 15) is 0 Å². The summed E-state index contributed by atoms with van der Waals surface area (Å²) in [4.78, 5) is 0. The average Bonchev–Trinajstić information content (AvgIpc) is 2.28. The van der Waals surface area contributed by atoms with Gasteiger partial charge in [0.2, 0.25) is 0 Å². The van der Waals surface area contributed by atoms with Crippen molar-refractivity contribution in [1.82, 2.24) is 0 Å². The van der Waals surface area contributed by atoms with Gasteiger partial charge in [-0.15, -0.1) is 0 Å². The molecule has 1 aromatic carbocycles. The van der Waals surface area contributed by atoms with Crippen molar-refractivity contribution in [1.29, 1.82) is 0 Å². The van der Waals surface area contributed by atoms with Gasteiger partial charge in [0.05, 0.1) is 0 Å². The predicted octanol–water partition coefficient (Wildman–Crippen LogP) is 5.06. The number of anilines is 1. The molecule has 0 radical (unpaired) electrons. The van der Waals surface area contributed by atoms with Crippen LogP contribution in [0.5, 0.6) is 0 Å². The van der Waals surface area contributed by atoms with Crippen LogP contribution in [0.15, 0.2) is 24.3 Å². The van der Waals surface area contributed by atoms with E-state index in [4.69, 9.17) is 0 Å². The van der Waals surface area contributed by atoms with Crippen LogP contribution in [-0.2, 0) is 0 Å². The van der Waals surface area contributed by atoms with Crippen LogP contribution in [0.2, 0.25) is 0 Å². The number of unbranched alkanes of at least 4 members (excludes halogenated alkanes) is 5. The van der Waals surface area contributed by atoms with Crippen LogP contribution >= 0.6 is 22.6 Å². The zero-order valence-electron chi connectivity index (χ0n) is 10.1. The molecule has 0 amide bonds. The number of halogens is 1. The van der Waals surface area contributed by atoms with Crippen molar-refractivity contribution in [2.24, 2.45) is 0 Å². The third-order valence-electron chi connectivity index (χ3n) is 2.68. The molecule has 2 heteroatoms. The summed E-state index contributed by atoms with van der Waals surface area (Å²) < 4.78 is 1.30. The van der Waals surface area contributed by atoms with Crippen molar-refractivity contribution < 1.29 is 0 Å². The minimum absolute atomic E-state index is 1.10. The summed E-state index contributed by atoms with van der Waals surface area (Å²) in [7, 11) is 0. The van der Waals surface area contributed by atoms with E-state index in [0.29, 0.717) is 0 Å². The van der Waals surface area contributed by atoms with Gasteiger partial charge in [0.1, 0.15) is 0 Å². The van der Waals surface area contributed by atoms with Crippen molar-refractivity contribution in [2.45, 2.75) is 45.4 Å². The van der Waals surface area contributed by atoms with Gasteiger partial charge in [-0.3, -0.25) is 0 Å². The Morgan fingerprint density at radius 3 is 2.56 bits per heavy atom. The first-order valence-corrected chi connectivity index (χ1v) is 7.40. The predicted molar refractivity (Wildman–Crippen MR) is 81.0 cm³/mol.